The molecular weight excluding hydrogens is 524 g/mol. The van der Waals surface area contributed by atoms with Gasteiger partial charge < -0.3 is 9.72 Å². The van der Waals surface area contributed by atoms with Crippen LogP contribution < -0.4 is 4.74 Å². The quantitative estimate of drug-likeness (QED) is 0.241. The zero-order valence-electron chi connectivity index (χ0n) is 15.8. The topological polar surface area (TPSA) is 37.9 Å². The van der Waals surface area contributed by atoms with Crippen molar-refractivity contribution in [3.63, 3.8) is 0 Å². The molecule has 0 unspecified atom stereocenters. The van der Waals surface area contributed by atoms with E-state index in [1.807, 2.05) is 18.2 Å². The van der Waals surface area contributed by atoms with Gasteiger partial charge in [-0.2, -0.15) is 0 Å². The van der Waals surface area contributed by atoms with Crippen molar-refractivity contribution >= 4 is 75.2 Å². The van der Waals surface area contributed by atoms with Crippen LogP contribution in [-0.2, 0) is 0 Å². The molecule has 3 heterocycles. The van der Waals surface area contributed by atoms with Crippen molar-refractivity contribution in [2.75, 3.05) is 7.11 Å². The molecule has 30 heavy (non-hydrogen) atoms. The zero-order valence-corrected chi connectivity index (χ0v) is 19.8. The molecule has 0 amide bonds. The third-order valence-corrected chi connectivity index (χ3v) is 7.81. The summed E-state index contributed by atoms with van der Waals surface area (Å²) in [5, 5.41) is 4.61. The standard InChI is InChI=1S/C24H14Br2N2OS/c1-29-13-10-8-12(9-11-13)18-19-14-4-2-6-16(25)21(14)27-23(19)30-24-20(18)15-5-3-7-17(26)22(15)28-24/h2-11,27H,1H3. The molecule has 6 rings (SSSR count). The van der Waals surface area contributed by atoms with Crippen LogP contribution in [-0.4, -0.2) is 17.1 Å². The fraction of sp³-hybridized carbons (Fsp3) is 0.0417. The number of nitrogens with one attached hydrogen (secondary N) is 1. The second kappa shape index (κ2) is 6.80. The number of hydrogen-bond acceptors (Lipinski definition) is 3. The van der Waals surface area contributed by atoms with E-state index in [1.54, 1.807) is 18.4 Å². The molecule has 3 nitrogen and oxygen atoms in total. The summed E-state index contributed by atoms with van der Waals surface area (Å²) >= 11 is 9.09. The number of aromatic nitrogens is 2. The van der Waals surface area contributed by atoms with Gasteiger partial charge in [0.1, 0.15) is 15.6 Å². The molecule has 0 radical (unpaired) electrons. The molecule has 1 N–H and O–H groups in total. The monoisotopic (exact) mass is 536 g/mol. The molecule has 2 aliphatic heterocycles. The van der Waals surface area contributed by atoms with Crippen molar-refractivity contribution in [3.8, 4) is 27.4 Å². The minimum atomic E-state index is 0.847. The van der Waals surface area contributed by atoms with Crippen LogP contribution in [0.5, 0.6) is 5.75 Å². The summed E-state index contributed by atoms with van der Waals surface area (Å²) in [5.74, 6) is 0.847. The Bertz CT molecular complexity index is 1540. The van der Waals surface area contributed by atoms with Crippen molar-refractivity contribution in [1.29, 1.82) is 0 Å². The van der Waals surface area contributed by atoms with Gasteiger partial charge >= 0.3 is 0 Å². The highest BCUT2D eigenvalue weighted by atomic mass is 79.9. The molecular formula is C24H14Br2N2OS. The molecule has 0 spiro atoms. The summed E-state index contributed by atoms with van der Waals surface area (Å²) in [6.07, 6.45) is 0. The Balaban J connectivity index is 1.86. The Morgan fingerprint density at radius 2 is 1.60 bits per heavy atom. The number of para-hydroxylation sites is 2. The molecule has 4 aromatic rings. The predicted octanol–water partition coefficient (Wildman–Crippen LogP) is 8.24. The number of benzene rings is 3. The second-order valence-corrected chi connectivity index (χ2v) is 9.83. The molecule has 0 aliphatic carbocycles. The molecule has 2 aliphatic rings. The van der Waals surface area contributed by atoms with Gasteiger partial charge in [-0.15, -0.1) is 0 Å². The lowest BCUT2D eigenvalue weighted by atomic mass is 9.95. The Labute approximate surface area is 193 Å². The fourth-order valence-corrected chi connectivity index (χ4v) is 6.20. The van der Waals surface area contributed by atoms with Gasteiger partial charge in [0.15, 0.2) is 0 Å². The minimum absolute atomic E-state index is 0.847. The van der Waals surface area contributed by atoms with E-state index in [9.17, 15) is 0 Å². The number of hydrogen-bond donors (Lipinski definition) is 1. The molecule has 0 saturated heterocycles. The fourth-order valence-electron chi connectivity index (χ4n) is 4.17. The zero-order chi connectivity index (χ0) is 20.4. The largest absolute Gasteiger partial charge is 0.497 e. The smallest absolute Gasteiger partial charge is 0.127 e. The normalized spacial score (nSPS) is 11.8. The van der Waals surface area contributed by atoms with Crippen LogP contribution in [0.4, 0.5) is 0 Å². The van der Waals surface area contributed by atoms with Crippen LogP contribution in [0.1, 0.15) is 0 Å². The van der Waals surface area contributed by atoms with Gasteiger partial charge in [0, 0.05) is 36.2 Å². The molecule has 146 valence electrons. The third-order valence-electron chi connectivity index (χ3n) is 5.51. The van der Waals surface area contributed by atoms with E-state index in [0.29, 0.717) is 0 Å². The Morgan fingerprint density at radius 1 is 0.867 bits per heavy atom. The molecule has 3 aromatic carbocycles. The SMILES string of the molecule is COc1ccc(-c2c3c4cccc(Br)c4nc-3sc3[nH]c4c(Br)cccc4c23)cc1. The van der Waals surface area contributed by atoms with Gasteiger partial charge in [-0.05, 0) is 61.7 Å². The summed E-state index contributed by atoms with van der Waals surface area (Å²) in [7, 11) is 1.69. The average molecular weight is 538 g/mol. The van der Waals surface area contributed by atoms with E-state index in [2.05, 4.69) is 79.3 Å². The van der Waals surface area contributed by atoms with E-state index in [0.717, 1.165) is 46.5 Å². The Hall–Kier alpha value is -2.41. The number of fused-ring (bicyclic) bond motifs is 6. The van der Waals surface area contributed by atoms with E-state index >= 15 is 0 Å². The van der Waals surface area contributed by atoms with Gasteiger partial charge in [0.25, 0.3) is 0 Å². The van der Waals surface area contributed by atoms with Crippen LogP contribution in [0.25, 0.3) is 53.7 Å². The lowest BCUT2D eigenvalue weighted by molar-refractivity contribution is 0.415. The molecule has 0 bridgehead atoms. The average Bonchev–Trinajstić information content (AvgIpc) is 3.32. The lowest BCUT2D eigenvalue weighted by Gasteiger charge is -2.11. The van der Waals surface area contributed by atoms with Gasteiger partial charge in [0.05, 0.1) is 18.1 Å². The van der Waals surface area contributed by atoms with Crippen LogP contribution >= 0.6 is 43.2 Å². The van der Waals surface area contributed by atoms with Crippen LogP contribution in [0.15, 0.2) is 69.6 Å². The maximum absolute atomic E-state index is 5.39. The first-order chi connectivity index (χ1) is 14.7. The Kier molecular flexibility index (Phi) is 4.17. The van der Waals surface area contributed by atoms with E-state index in [-0.39, 0.29) is 0 Å². The van der Waals surface area contributed by atoms with Gasteiger partial charge in [-0.25, -0.2) is 4.98 Å². The van der Waals surface area contributed by atoms with Gasteiger partial charge in [0.2, 0.25) is 0 Å². The van der Waals surface area contributed by atoms with E-state index in [1.165, 1.54) is 21.9 Å². The first-order valence-electron chi connectivity index (χ1n) is 9.41. The molecule has 0 fully saturated rings. The van der Waals surface area contributed by atoms with Gasteiger partial charge in [-0.1, -0.05) is 47.7 Å². The first-order valence-corrected chi connectivity index (χ1v) is 11.8. The number of rotatable bonds is 2. The second-order valence-electron chi connectivity index (χ2n) is 7.13. The summed E-state index contributed by atoms with van der Waals surface area (Å²) in [4.78, 5) is 9.74. The van der Waals surface area contributed by atoms with Gasteiger partial charge in [-0.3, -0.25) is 0 Å². The third kappa shape index (κ3) is 2.57. The van der Waals surface area contributed by atoms with Crippen molar-refractivity contribution in [1.82, 2.24) is 9.97 Å². The summed E-state index contributed by atoms with van der Waals surface area (Å²) < 4.78 is 7.47. The summed E-state index contributed by atoms with van der Waals surface area (Å²) in [5.41, 5.74) is 5.64. The highest BCUT2D eigenvalue weighted by molar-refractivity contribution is 9.11. The summed E-state index contributed by atoms with van der Waals surface area (Å²) in [6, 6.07) is 20.9. The van der Waals surface area contributed by atoms with E-state index < -0.39 is 0 Å². The van der Waals surface area contributed by atoms with Crippen molar-refractivity contribution in [3.05, 3.63) is 69.6 Å². The van der Waals surface area contributed by atoms with Crippen LogP contribution in [0.2, 0.25) is 0 Å². The number of nitrogens with zero attached hydrogens (tertiary/aromatic N) is 1. The van der Waals surface area contributed by atoms with Crippen LogP contribution in [0, 0.1) is 0 Å². The number of halogens is 2. The maximum atomic E-state index is 5.39. The van der Waals surface area contributed by atoms with Crippen LogP contribution in [0.3, 0.4) is 0 Å². The highest BCUT2D eigenvalue weighted by Crippen LogP contribution is 2.50. The highest BCUT2D eigenvalue weighted by Gasteiger charge is 2.25. The van der Waals surface area contributed by atoms with E-state index in [4.69, 9.17) is 9.72 Å². The van der Waals surface area contributed by atoms with Crippen molar-refractivity contribution in [2.45, 2.75) is 0 Å². The van der Waals surface area contributed by atoms with Crippen molar-refractivity contribution < 1.29 is 4.74 Å². The molecule has 1 aromatic heterocycles. The summed E-state index contributed by atoms with van der Waals surface area (Å²) in [6.45, 7) is 0. The lowest BCUT2D eigenvalue weighted by Crippen LogP contribution is -1.87. The first kappa shape index (κ1) is 18.4. The number of H-pyrrole nitrogens is 1. The Morgan fingerprint density at radius 3 is 2.37 bits per heavy atom. The maximum Gasteiger partial charge on any atom is 0.127 e. The minimum Gasteiger partial charge on any atom is -0.497 e. The number of aromatic amines is 1. The molecule has 6 heteroatoms. The van der Waals surface area contributed by atoms with Crippen molar-refractivity contribution in [2.24, 2.45) is 0 Å². The molecule has 0 saturated carbocycles. The molecule has 0 atom stereocenters. The number of ether oxygens (including phenoxy) is 1. The predicted molar refractivity (Wildman–Crippen MR) is 133 cm³/mol. The number of methoxy groups -OCH3 is 1.